The minimum absolute atomic E-state index is 0.0355. The van der Waals surface area contributed by atoms with Gasteiger partial charge in [-0.1, -0.05) is 0 Å². The summed E-state index contributed by atoms with van der Waals surface area (Å²) in [6.45, 7) is 0.684. The van der Waals surface area contributed by atoms with E-state index in [0.29, 0.717) is 12.5 Å². The van der Waals surface area contributed by atoms with Crippen molar-refractivity contribution < 1.29 is 18.8 Å². The lowest BCUT2D eigenvalue weighted by Gasteiger charge is -2.06. The van der Waals surface area contributed by atoms with Crippen LogP contribution in [-0.2, 0) is 4.74 Å². The summed E-state index contributed by atoms with van der Waals surface area (Å²) in [5.74, 6) is -0.0502. The van der Waals surface area contributed by atoms with E-state index in [9.17, 15) is 14.5 Å². The minimum Gasteiger partial charge on any atom is -0.467 e. The summed E-state index contributed by atoms with van der Waals surface area (Å²) in [5.41, 5.74) is -0.559. The van der Waals surface area contributed by atoms with E-state index in [1.54, 1.807) is 0 Å². The zero-order valence-corrected chi connectivity index (χ0v) is 9.10. The molecule has 1 aromatic carbocycles. The van der Waals surface area contributed by atoms with E-state index in [4.69, 9.17) is 9.47 Å². The second kappa shape index (κ2) is 5.09. The van der Waals surface area contributed by atoms with Crippen molar-refractivity contribution in [3.63, 3.8) is 0 Å². The third kappa shape index (κ3) is 3.39. The molecule has 1 saturated carbocycles. The predicted molar refractivity (Wildman–Crippen MR) is 57.2 cm³/mol. The molecule has 92 valence electrons. The Kier molecular flexibility index (Phi) is 3.53. The average molecular weight is 241 g/mol. The van der Waals surface area contributed by atoms with Crippen LogP contribution in [-0.4, -0.2) is 18.3 Å². The summed E-state index contributed by atoms with van der Waals surface area (Å²) >= 11 is 0. The number of halogens is 1. The van der Waals surface area contributed by atoms with Gasteiger partial charge in [0.25, 0.3) is 0 Å². The Morgan fingerprint density at radius 2 is 2.24 bits per heavy atom. The second-order valence-electron chi connectivity index (χ2n) is 3.95. The molecule has 1 fully saturated rings. The molecule has 6 heteroatoms. The van der Waals surface area contributed by atoms with Crippen molar-refractivity contribution in [3.05, 3.63) is 34.1 Å². The summed E-state index contributed by atoms with van der Waals surface area (Å²) < 4.78 is 23.5. The first-order valence-corrected chi connectivity index (χ1v) is 5.31. The molecule has 2 rings (SSSR count). The average Bonchev–Trinajstić information content (AvgIpc) is 3.08. The van der Waals surface area contributed by atoms with Crippen molar-refractivity contribution in [1.29, 1.82) is 0 Å². The van der Waals surface area contributed by atoms with Crippen LogP contribution in [0.4, 0.5) is 10.1 Å². The molecule has 0 bridgehead atoms. The van der Waals surface area contributed by atoms with Crippen LogP contribution in [0.25, 0.3) is 0 Å². The van der Waals surface area contributed by atoms with E-state index in [1.807, 2.05) is 0 Å². The van der Waals surface area contributed by atoms with Gasteiger partial charge in [-0.2, -0.15) is 4.39 Å². The first-order valence-electron chi connectivity index (χ1n) is 5.31. The van der Waals surface area contributed by atoms with E-state index in [0.717, 1.165) is 12.1 Å². The molecule has 1 aromatic rings. The molecule has 0 aliphatic heterocycles. The van der Waals surface area contributed by atoms with Crippen LogP contribution >= 0.6 is 0 Å². The van der Waals surface area contributed by atoms with Crippen LogP contribution < -0.4 is 4.74 Å². The second-order valence-corrected chi connectivity index (χ2v) is 3.95. The number of hydrogen-bond donors (Lipinski definition) is 0. The smallest absolute Gasteiger partial charge is 0.305 e. The predicted octanol–water partition coefficient (Wildman–Crippen LogP) is 2.50. The lowest BCUT2D eigenvalue weighted by atomic mass is 10.3. The molecular formula is C11H12FNO4. The third-order valence-electron chi connectivity index (χ3n) is 2.48. The number of benzene rings is 1. The van der Waals surface area contributed by atoms with E-state index < -0.39 is 16.4 Å². The summed E-state index contributed by atoms with van der Waals surface area (Å²) in [6.07, 6.45) is 2.37. The van der Waals surface area contributed by atoms with E-state index in [2.05, 4.69) is 0 Å². The quantitative estimate of drug-likeness (QED) is 0.332. The normalized spacial score (nSPS) is 14.6. The highest BCUT2D eigenvalue weighted by Crippen LogP contribution is 2.28. The maximum absolute atomic E-state index is 13.2. The molecule has 0 saturated heterocycles. The van der Waals surface area contributed by atoms with E-state index in [1.165, 1.54) is 18.9 Å². The van der Waals surface area contributed by atoms with Crippen LogP contribution in [0.5, 0.6) is 5.75 Å². The molecule has 0 radical (unpaired) electrons. The fourth-order valence-corrected chi connectivity index (χ4v) is 1.33. The van der Waals surface area contributed by atoms with Gasteiger partial charge in [-0.25, -0.2) is 0 Å². The Morgan fingerprint density at radius 3 is 2.82 bits per heavy atom. The van der Waals surface area contributed by atoms with Crippen molar-refractivity contribution in [2.45, 2.75) is 12.8 Å². The van der Waals surface area contributed by atoms with Crippen LogP contribution in [0, 0.1) is 21.8 Å². The third-order valence-corrected chi connectivity index (χ3v) is 2.48. The number of nitro groups is 1. The fraction of sp³-hybridized carbons (Fsp3) is 0.455. The summed E-state index contributed by atoms with van der Waals surface area (Å²) in [6, 6.07) is 3.41. The highest BCUT2D eigenvalue weighted by Gasteiger charge is 2.21. The largest absolute Gasteiger partial charge is 0.467 e. The number of ether oxygens (including phenoxy) is 2. The Balaban J connectivity index is 1.83. The summed E-state index contributed by atoms with van der Waals surface area (Å²) in [7, 11) is 0. The van der Waals surface area contributed by atoms with Gasteiger partial charge in [0.15, 0.2) is 6.79 Å². The zero-order chi connectivity index (χ0) is 12.3. The summed E-state index contributed by atoms with van der Waals surface area (Å²) in [4.78, 5) is 9.60. The molecule has 17 heavy (non-hydrogen) atoms. The topological polar surface area (TPSA) is 61.6 Å². The Bertz CT molecular complexity index is 420. The first kappa shape index (κ1) is 11.8. The SMILES string of the molecule is O=[N+]([O-])c1ccc(OCOCC2CC2)cc1F. The number of nitrogens with zero attached hydrogens (tertiary/aromatic N) is 1. The molecule has 0 aromatic heterocycles. The van der Waals surface area contributed by atoms with Gasteiger partial charge in [-0.3, -0.25) is 10.1 Å². The molecule has 1 aliphatic rings. The Hall–Kier alpha value is -1.69. The maximum atomic E-state index is 13.2. The molecule has 0 unspecified atom stereocenters. The summed E-state index contributed by atoms with van der Waals surface area (Å²) in [5, 5.41) is 10.4. The molecule has 0 heterocycles. The number of rotatable bonds is 6. The molecule has 0 amide bonds. The van der Waals surface area contributed by atoms with Gasteiger partial charge in [-0.05, 0) is 24.8 Å². The van der Waals surface area contributed by atoms with Gasteiger partial charge in [0.1, 0.15) is 5.75 Å². The standard InChI is InChI=1S/C11H12FNO4/c12-10-5-9(3-4-11(10)13(14)15)17-7-16-6-8-1-2-8/h3-5,8H,1-2,6-7H2. The lowest BCUT2D eigenvalue weighted by molar-refractivity contribution is -0.387. The maximum Gasteiger partial charge on any atom is 0.305 e. The highest BCUT2D eigenvalue weighted by molar-refractivity contribution is 5.37. The van der Waals surface area contributed by atoms with Crippen molar-refractivity contribution in [2.75, 3.05) is 13.4 Å². The van der Waals surface area contributed by atoms with Crippen LogP contribution in [0.3, 0.4) is 0 Å². The number of hydrogen-bond acceptors (Lipinski definition) is 4. The van der Waals surface area contributed by atoms with Gasteiger partial charge in [0, 0.05) is 12.1 Å². The number of nitro benzene ring substituents is 1. The van der Waals surface area contributed by atoms with Gasteiger partial charge in [0.05, 0.1) is 11.5 Å². The molecular weight excluding hydrogens is 229 g/mol. The fourth-order valence-electron chi connectivity index (χ4n) is 1.33. The Labute approximate surface area is 97.3 Å². The van der Waals surface area contributed by atoms with Crippen LogP contribution in [0.1, 0.15) is 12.8 Å². The monoisotopic (exact) mass is 241 g/mol. The lowest BCUT2D eigenvalue weighted by Crippen LogP contribution is -2.05. The Morgan fingerprint density at radius 1 is 1.47 bits per heavy atom. The zero-order valence-electron chi connectivity index (χ0n) is 9.10. The van der Waals surface area contributed by atoms with Crippen molar-refractivity contribution in [3.8, 4) is 5.75 Å². The molecule has 1 aliphatic carbocycles. The van der Waals surface area contributed by atoms with Gasteiger partial charge in [-0.15, -0.1) is 0 Å². The molecule has 0 atom stereocenters. The van der Waals surface area contributed by atoms with Crippen LogP contribution in [0.15, 0.2) is 18.2 Å². The minimum atomic E-state index is -0.908. The molecule has 5 nitrogen and oxygen atoms in total. The van der Waals surface area contributed by atoms with E-state index >= 15 is 0 Å². The van der Waals surface area contributed by atoms with Crippen LogP contribution in [0.2, 0.25) is 0 Å². The van der Waals surface area contributed by atoms with Crippen molar-refractivity contribution in [1.82, 2.24) is 0 Å². The highest BCUT2D eigenvalue weighted by atomic mass is 19.1. The van der Waals surface area contributed by atoms with Crippen molar-refractivity contribution >= 4 is 5.69 Å². The van der Waals surface area contributed by atoms with Crippen molar-refractivity contribution in [2.24, 2.45) is 5.92 Å². The first-order chi connectivity index (χ1) is 8.16. The van der Waals surface area contributed by atoms with Gasteiger partial charge in [0.2, 0.25) is 5.82 Å². The molecule has 0 spiro atoms. The van der Waals surface area contributed by atoms with Gasteiger partial charge >= 0.3 is 5.69 Å². The molecule has 0 N–H and O–H groups in total. The van der Waals surface area contributed by atoms with Gasteiger partial charge < -0.3 is 9.47 Å². The van der Waals surface area contributed by atoms with E-state index in [-0.39, 0.29) is 12.5 Å².